The van der Waals surface area contributed by atoms with Gasteiger partial charge in [-0.2, -0.15) is 13.2 Å². The van der Waals surface area contributed by atoms with Crippen molar-refractivity contribution < 1.29 is 27.8 Å². The second-order valence-electron chi connectivity index (χ2n) is 4.38. The number of benzene rings is 1. The van der Waals surface area contributed by atoms with Gasteiger partial charge in [0.1, 0.15) is 11.9 Å². The van der Waals surface area contributed by atoms with Gasteiger partial charge >= 0.3 is 12.3 Å². The molecule has 0 spiro atoms. The minimum absolute atomic E-state index is 0.142. The quantitative estimate of drug-likeness (QED) is 0.891. The summed E-state index contributed by atoms with van der Waals surface area (Å²) in [5.74, 6) is 0.353. The minimum atomic E-state index is -4.36. The summed E-state index contributed by atoms with van der Waals surface area (Å²) in [7, 11) is 0. The molecule has 2 N–H and O–H groups in total. The monoisotopic (exact) mass is 275 g/mol. The van der Waals surface area contributed by atoms with Crippen molar-refractivity contribution in [1.29, 1.82) is 0 Å². The Bertz CT molecular complexity index is 452. The van der Waals surface area contributed by atoms with Gasteiger partial charge < -0.3 is 15.2 Å². The molecule has 1 aromatic rings. The van der Waals surface area contributed by atoms with Gasteiger partial charge in [-0.1, -0.05) is 0 Å². The molecule has 0 radical (unpaired) electrons. The largest absolute Gasteiger partial charge is 0.490 e. The summed E-state index contributed by atoms with van der Waals surface area (Å²) >= 11 is 0. The number of hydrogen-bond donors (Lipinski definition) is 2. The highest BCUT2D eigenvalue weighted by Crippen LogP contribution is 2.31. The fourth-order valence-electron chi connectivity index (χ4n) is 1.87. The zero-order chi connectivity index (χ0) is 14.0. The third-order valence-corrected chi connectivity index (χ3v) is 2.91. The molecule has 1 fully saturated rings. The topological polar surface area (TPSA) is 58.6 Å². The molecule has 0 saturated heterocycles. The lowest BCUT2D eigenvalue weighted by Crippen LogP contribution is -2.48. The van der Waals surface area contributed by atoms with Crippen LogP contribution < -0.4 is 10.1 Å². The van der Waals surface area contributed by atoms with E-state index in [1.807, 2.05) is 0 Å². The number of nitrogens with one attached hydrogen (secondary N) is 1. The standard InChI is InChI=1S/C12H12F3NO3/c13-12(14,15)7-1-3-9(4-2-7)19-10-5-8(6-10)16-11(17)18/h1-4,8,10,16H,5-6H2,(H,17,18)/t8-,10-. The van der Waals surface area contributed by atoms with Crippen LogP contribution in [0.15, 0.2) is 24.3 Å². The highest BCUT2D eigenvalue weighted by Gasteiger charge is 2.33. The van der Waals surface area contributed by atoms with E-state index in [9.17, 15) is 18.0 Å². The molecule has 7 heteroatoms. The lowest BCUT2D eigenvalue weighted by Gasteiger charge is -2.35. The first-order chi connectivity index (χ1) is 8.84. The Labute approximate surface area is 107 Å². The van der Waals surface area contributed by atoms with E-state index in [1.54, 1.807) is 0 Å². The smallest absolute Gasteiger partial charge is 0.416 e. The van der Waals surface area contributed by atoms with Crippen LogP contribution in [0.1, 0.15) is 18.4 Å². The molecular formula is C12H12F3NO3. The number of ether oxygens (including phenoxy) is 1. The molecular weight excluding hydrogens is 263 g/mol. The normalized spacial score (nSPS) is 22.5. The Morgan fingerprint density at radius 1 is 1.26 bits per heavy atom. The van der Waals surface area contributed by atoms with E-state index in [1.165, 1.54) is 12.1 Å². The Balaban J connectivity index is 1.84. The van der Waals surface area contributed by atoms with Crippen LogP contribution in [0.4, 0.5) is 18.0 Å². The van der Waals surface area contributed by atoms with E-state index in [2.05, 4.69) is 5.32 Å². The molecule has 104 valence electrons. The van der Waals surface area contributed by atoms with Gasteiger partial charge in [0.15, 0.2) is 0 Å². The van der Waals surface area contributed by atoms with Crippen LogP contribution in [0.5, 0.6) is 5.75 Å². The van der Waals surface area contributed by atoms with E-state index < -0.39 is 17.8 Å². The van der Waals surface area contributed by atoms with E-state index in [4.69, 9.17) is 9.84 Å². The highest BCUT2D eigenvalue weighted by molar-refractivity contribution is 5.65. The molecule has 1 aliphatic rings. The predicted molar refractivity (Wildman–Crippen MR) is 60.0 cm³/mol. The molecule has 1 saturated carbocycles. The van der Waals surface area contributed by atoms with Gasteiger partial charge in [-0.05, 0) is 24.3 Å². The third-order valence-electron chi connectivity index (χ3n) is 2.91. The zero-order valence-electron chi connectivity index (χ0n) is 9.78. The summed E-state index contributed by atoms with van der Waals surface area (Å²) in [6.45, 7) is 0. The van der Waals surface area contributed by atoms with Gasteiger partial charge in [0, 0.05) is 18.9 Å². The molecule has 4 nitrogen and oxygen atoms in total. The van der Waals surface area contributed by atoms with Crippen molar-refractivity contribution in [2.75, 3.05) is 0 Å². The molecule has 2 rings (SSSR count). The van der Waals surface area contributed by atoms with E-state index in [0.29, 0.717) is 18.6 Å². The molecule has 0 bridgehead atoms. The molecule has 0 aliphatic heterocycles. The number of rotatable bonds is 3. The SMILES string of the molecule is O=C(O)N[C@H]1C[C@H](Oc2ccc(C(F)(F)F)cc2)C1. The first-order valence-electron chi connectivity index (χ1n) is 5.68. The average molecular weight is 275 g/mol. The number of halogens is 3. The molecule has 0 heterocycles. The maximum Gasteiger partial charge on any atom is 0.416 e. The first-order valence-corrected chi connectivity index (χ1v) is 5.68. The molecule has 0 atom stereocenters. The van der Waals surface area contributed by atoms with Gasteiger partial charge in [0.05, 0.1) is 5.56 Å². The number of alkyl halides is 3. The summed E-state index contributed by atoms with van der Waals surface area (Å²) < 4.78 is 42.4. The molecule has 19 heavy (non-hydrogen) atoms. The van der Waals surface area contributed by atoms with Crippen molar-refractivity contribution in [2.45, 2.75) is 31.2 Å². The molecule has 1 amide bonds. The van der Waals surface area contributed by atoms with Gasteiger partial charge in [-0.15, -0.1) is 0 Å². The Morgan fingerprint density at radius 2 is 1.84 bits per heavy atom. The second kappa shape index (κ2) is 4.99. The Hall–Kier alpha value is -1.92. The van der Waals surface area contributed by atoms with Gasteiger partial charge in [-0.3, -0.25) is 0 Å². The highest BCUT2D eigenvalue weighted by atomic mass is 19.4. The van der Waals surface area contributed by atoms with Gasteiger partial charge in [0.25, 0.3) is 0 Å². The Kier molecular flexibility index (Phi) is 3.55. The van der Waals surface area contributed by atoms with Crippen molar-refractivity contribution >= 4 is 6.09 Å². The zero-order valence-corrected chi connectivity index (χ0v) is 9.78. The van der Waals surface area contributed by atoms with E-state index >= 15 is 0 Å². The summed E-state index contributed by atoms with van der Waals surface area (Å²) in [4.78, 5) is 10.3. The third kappa shape index (κ3) is 3.52. The van der Waals surface area contributed by atoms with Crippen molar-refractivity contribution in [3.63, 3.8) is 0 Å². The van der Waals surface area contributed by atoms with Crippen LogP contribution in [0.2, 0.25) is 0 Å². The molecule has 0 aromatic heterocycles. The molecule has 1 aromatic carbocycles. The average Bonchev–Trinajstić information content (AvgIpc) is 2.25. The fraction of sp³-hybridized carbons (Fsp3) is 0.417. The molecule has 1 aliphatic carbocycles. The van der Waals surface area contributed by atoms with Gasteiger partial charge in [-0.25, -0.2) is 4.79 Å². The van der Waals surface area contributed by atoms with E-state index in [-0.39, 0.29) is 12.1 Å². The van der Waals surface area contributed by atoms with Crippen LogP contribution in [-0.4, -0.2) is 23.3 Å². The van der Waals surface area contributed by atoms with Crippen LogP contribution in [0.25, 0.3) is 0 Å². The van der Waals surface area contributed by atoms with Crippen molar-refractivity contribution in [3.8, 4) is 5.75 Å². The van der Waals surface area contributed by atoms with E-state index in [0.717, 1.165) is 12.1 Å². The number of amides is 1. The van der Waals surface area contributed by atoms with Crippen LogP contribution in [-0.2, 0) is 6.18 Å². The fourth-order valence-corrected chi connectivity index (χ4v) is 1.87. The molecule has 0 unspecified atom stereocenters. The Morgan fingerprint density at radius 3 is 2.32 bits per heavy atom. The lowest BCUT2D eigenvalue weighted by molar-refractivity contribution is -0.137. The number of hydrogen-bond acceptors (Lipinski definition) is 2. The van der Waals surface area contributed by atoms with Gasteiger partial charge in [0.2, 0.25) is 0 Å². The predicted octanol–water partition coefficient (Wildman–Crippen LogP) is 2.88. The lowest BCUT2D eigenvalue weighted by atomic mass is 9.89. The summed E-state index contributed by atoms with van der Waals surface area (Å²) in [6.07, 6.45) is -4.56. The van der Waals surface area contributed by atoms with Crippen molar-refractivity contribution in [1.82, 2.24) is 5.32 Å². The maximum absolute atomic E-state index is 12.3. The number of carboxylic acid groups (broad SMARTS) is 1. The van der Waals surface area contributed by atoms with Crippen LogP contribution in [0, 0.1) is 0 Å². The summed E-state index contributed by atoms with van der Waals surface area (Å²) in [5.41, 5.74) is -0.723. The first kappa shape index (κ1) is 13.5. The summed E-state index contributed by atoms with van der Waals surface area (Å²) in [5, 5.41) is 10.8. The number of carbonyl (C=O) groups is 1. The van der Waals surface area contributed by atoms with Crippen molar-refractivity contribution in [2.24, 2.45) is 0 Å². The van der Waals surface area contributed by atoms with Crippen LogP contribution in [0.3, 0.4) is 0 Å². The van der Waals surface area contributed by atoms with Crippen LogP contribution >= 0.6 is 0 Å². The maximum atomic E-state index is 12.3. The van der Waals surface area contributed by atoms with Crippen molar-refractivity contribution in [3.05, 3.63) is 29.8 Å². The minimum Gasteiger partial charge on any atom is -0.490 e. The second-order valence-corrected chi connectivity index (χ2v) is 4.38. The summed E-state index contributed by atoms with van der Waals surface area (Å²) in [6, 6.07) is 4.31.